The number of hydrogen-bond acceptors (Lipinski definition) is 4. The molecule has 0 aliphatic rings. The second kappa shape index (κ2) is 11.6. The summed E-state index contributed by atoms with van der Waals surface area (Å²) < 4.78 is 2.06. The van der Waals surface area contributed by atoms with Crippen molar-refractivity contribution in [3.8, 4) is 67.6 Å². The smallest absolute Gasteiger partial charge is 0.168 e. The highest BCUT2D eigenvalue weighted by Gasteiger charge is 2.21. The molecule has 0 saturated heterocycles. The van der Waals surface area contributed by atoms with Crippen LogP contribution in [0.15, 0.2) is 164 Å². The number of hydrogen-bond donors (Lipinski definition) is 1. The quantitative estimate of drug-likeness (QED) is 0.209. The molecule has 5 nitrogen and oxygen atoms in total. The molecule has 1 N–H and O–H groups in total. The van der Waals surface area contributed by atoms with Crippen molar-refractivity contribution in [3.05, 3.63) is 164 Å². The van der Waals surface area contributed by atoms with Crippen molar-refractivity contribution < 1.29 is 5.11 Å². The van der Waals surface area contributed by atoms with Gasteiger partial charge >= 0.3 is 0 Å². The molecule has 0 radical (unpaired) electrons. The van der Waals surface area contributed by atoms with Crippen LogP contribution in [0.4, 0.5) is 0 Å². The maximum atomic E-state index is 10.9. The Morgan fingerprint density at radius 3 is 1.89 bits per heavy atom. The summed E-state index contributed by atoms with van der Waals surface area (Å²) in [7, 11) is 0. The normalized spacial score (nSPS) is 11.1. The van der Waals surface area contributed by atoms with E-state index in [0.717, 1.165) is 61.4 Å². The molecular weight excluding hydrogens is 564 g/mol. The average molecular weight is 593 g/mol. The molecule has 5 aromatic carbocycles. The molecule has 0 aliphatic carbocycles. The highest BCUT2D eigenvalue weighted by Crippen LogP contribution is 2.39. The molecule has 0 bridgehead atoms. The van der Waals surface area contributed by atoms with Gasteiger partial charge in [-0.25, -0.2) is 9.97 Å². The van der Waals surface area contributed by atoms with E-state index in [-0.39, 0.29) is 5.75 Å². The summed E-state index contributed by atoms with van der Waals surface area (Å²) in [4.78, 5) is 14.5. The minimum Gasteiger partial charge on any atom is -0.506 e. The Hall–Kier alpha value is -6.33. The van der Waals surface area contributed by atoms with Crippen molar-refractivity contribution >= 4 is 11.0 Å². The molecule has 0 saturated carbocycles. The Morgan fingerprint density at radius 2 is 1.15 bits per heavy atom. The number of para-hydroxylation sites is 2. The minimum atomic E-state index is 0.0780. The number of aromatic hydroxyl groups is 1. The first-order chi connectivity index (χ1) is 22.7. The van der Waals surface area contributed by atoms with Gasteiger partial charge in [0.1, 0.15) is 11.4 Å². The van der Waals surface area contributed by atoms with Gasteiger partial charge < -0.3 is 5.11 Å². The molecule has 218 valence electrons. The molecule has 0 atom stereocenters. The van der Waals surface area contributed by atoms with Gasteiger partial charge in [0.25, 0.3) is 0 Å². The molecular formula is C41H28N4O. The highest BCUT2D eigenvalue weighted by molar-refractivity contribution is 5.97. The summed E-state index contributed by atoms with van der Waals surface area (Å²) in [5.41, 5.74) is 11.4. The van der Waals surface area contributed by atoms with Crippen LogP contribution >= 0.6 is 0 Å². The standard InChI is InChI=1S/C41H28N4O/c46-38-20-11-22-43-40(38)41-44-39-35(18-10-19-37(39)45(41)34-16-8-3-9-17-34)32-24-31(29-14-6-2-7-15-29)25-33(26-32)36-27-30(21-23-42-36)28-12-4-1-5-13-28/h1-27,46H. The summed E-state index contributed by atoms with van der Waals surface area (Å²) in [6.45, 7) is 0. The van der Waals surface area contributed by atoms with Crippen LogP contribution < -0.4 is 0 Å². The molecule has 8 aromatic rings. The molecule has 0 unspecified atom stereocenters. The number of nitrogens with zero attached hydrogens (tertiary/aromatic N) is 4. The van der Waals surface area contributed by atoms with E-state index < -0.39 is 0 Å². The fraction of sp³-hybridized carbons (Fsp3) is 0. The zero-order valence-electron chi connectivity index (χ0n) is 24.8. The first kappa shape index (κ1) is 27.2. The van der Waals surface area contributed by atoms with Gasteiger partial charge in [0.2, 0.25) is 0 Å². The lowest BCUT2D eigenvalue weighted by atomic mass is 9.93. The summed E-state index contributed by atoms with van der Waals surface area (Å²) in [5.74, 6) is 0.651. The number of benzene rings is 5. The number of rotatable bonds is 6. The van der Waals surface area contributed by atoms with Gasteiger partial charge in [0.15, 0.2) is 5.82 Å². The number of imidazole rings is 1. The summed E-state index contributed by atoms with van der Waals surface area (Å²) in [5, 5.41) is 10.9. The van der Waals surface area contributed by atoms with Crippen LogP contribution in [0.1, 0.15) is 0 Å². The molecule has 0 spiro atoms. The Kier molecular flexibility index (Phi) is 6.89. The largest absolute Gasteiger partial charge is 0.506 e. The van der Waals surface area contributed by atoms with Crippen molar-refractivity contribution in [2.24, 2.45) is 0 Å². The number of pyridine rings is 2. The fourth-order valence-corrected chi connectivity index (χ4v) is 6.03. The molecule has 46 heavy (non-hydrogen) atoms. The average Bonchev–Trinajstić information content (AvgIpc) is 3.52. The zero-order valence-corrected chi connectivity index (χ0v) is 24.8. The van der Waals surface area contributed by atoms with Crippen molar-refractivity contribution in [1.29, 1.82) is 0 Å². The lowest BCUT2D eigenvalue weighted by Gasteiger charge is -2.12. The summed E-state index contributed by atoms with van der Waals surface area (Å²) in [6.07, 6.45) is 3.55. The lowest BCUT2D eigenvalue weighted by Crippen LogP contribution is -1.98. The van der Waals surface area contributed by atoms with Crippen LogP contribution in [-0.2, 0) is 0 Å². The van der Waals surface area contributed by atoms with Gasteiger partial charge in [-0.3, -0.25) is 9.55 Å². The number of fused-ring (bicyclic) bond motifs is 1. The van der Waals surface area contributed by atoms with E-state index in [0.29, 0.717) is 11.5 Å². The van der Waals surface area contributed by atoms with Crippen molar-refractivity contribution in [2.45, 2.75) is 0 Å². The van der Waals surface area contributed by atoms with Gasteiger partial charge in [-0.2, -0.15) is 0 Å². The second-order valence-corrected chi connectivity index (χ2v) is 11.1. The van der Waals surface area contributed by atoms with E-state index in [4.69, 9.17) is 9.97 Å². The third-order valence-electron chi connectivity index (χ3n) is 8.21. The van der Waals surface area contributed by atoms with Gasteiger partial charge in [-0.15, -0.1) is 0 Å². The van der Waals surface area contributed by atoms with Crippen LogP contribution in [0, 0.1) is 0 Å². The monoisotopic (exact) mass is 592 g/mol. The van der Waals surface area contributed by atoms with Gasteiger partial charge in [0.05, 0.1) is 16.7 Å². The third kappa shape index (κ3) is 5.00. The van der Waals surface area contributed by atoms with Crippen molar-refractivity contribution in [1.82, 2.24) is 19.5 Å². The lowest BCUT2D eigenvalue weighted by molar-refractivity contribution is 0.474. The predicted molar refractivity (Wildman–Crippen MR) is 186 cm³/mol. The van der Waals surface area contributed by atoms with E-state index in [2.05, 4.69) is 101 Å². The van der Waals surface area contributed by atoms with Crippen LogP contribution in [0.25, 0.3) is 72.9 Å². The first-order valence-corrected chi connectivity index (χ1v) is 15.2. The Morgan fingerprint density at radius 1 is 0.478 bits per heavy atom. The summed E-state index contributed by atoms with van der Waals surface area (Å²) in [6, 6.07) is 51.2. The topological polar surface area (TPSA) is 63.8 Å². The first-order valence-electron chi connectivity index (χ1n) is 15.2. The molecule has 5 heteroatoms. The Bertz CT molecular complexity index is 2310. The van der Waals surface area contributed by atoms with Crippen molar-refractivity contribution in [2.75, 3.05) is 0 Å². The number of aromatic nitrogens is 4. The molecule has 0 amide bonds. The SMILES string of the molecule is Oc1cccnc1-c1nc2c(-c3cc(-c4ccccc4)cc(-c4cc(-c5ccccc5)ccn4)c3)cccc2n1-c1ccccc1. The van der Waals surface area contributed by atoms with E-state index in [1.165, 1.54) is 0 Å². The van der Waals surface area contributed by atoms with Crippen LogP contribution in [0.3, 0.4) is 0 Å². The van der Waals surface area contributed by atoms with Gasteiger partial charge in [-0.05, 0) is 88.5 Å². The molecule has 3 aromatic heterocycles. The summed E-state index contributed by atoms with van der Waals surface area (Å²) >= 11 is 0. The maximum Gasteiger partial charge on any atom is 0.168 e. The predicted octanol–water partition coefficient (Wildman–Crippen LogP) is 9.86. The maximum absolute atomic E-state index is 10.9. The zero-order chi connectivity index (χ0) is 30.9. The Balaban J connectivity index is 1.37. The highest BCUT2D eigenvalue weighted by atomic mass is 16.3. The van der Waals surface area contributed by atoms with Gasteiger partial charge in [-0.1, -0.05) is 91.0 Å². The molecule has 3 heterocycles. The minimum absolute atomic E-state index is 0.0780. The van der Waals surface area contributed by atoms with Crippen molar-refractivity contribution in [3.63, 3.8) is 0 Å². The van der Waals surface area contributed by atoms with Crippen LogP contribution in [0.2, 0.25) is 0 Å². The second-order valence-electron chi connectivity index (χ2n) is 11.1. The molecule has 8 rings (SSSR count). The molecule has 0 aliphatic heterocycles. The Labute approximate surface area is 266 Å². The van der Waals surface area contributed by atoms with E-state index in [9.17, 15) is 5.11 Å². The fourth-order valence-electron chi connectivity index (χ4n) is 6.03. The van der Waals surface area contributed by atoms with E-state index >= 15 is 0 Å². The third-order valence-corrected chi connectivity index (χ3v) is 8.21. The van der Waals surface area contributed by atoms with Crippen LogP contribution in [0.5, 0.6) is 5.75 Å². The van der Waals surface area contributed by atoms with Crippen LogP contribution in [-0.4, -0.2) is 24.6 Å². The molecule has 0 fully saturated rings. The van der Waals surface area contributed by atoms with Gasteiger partial charge in [0, 0.05) is 29.2 Å². The van der Waals surface area contributed by atoms with E-state index in [1.54, 1.807) is 18.3 Å². The van der Waals surface area contributed by atoms with E-state index in [1.807, 2.05) is 54.7 Å².